The van der Waals surface area contributed by atoms with Crippen LogP contribution in [0, 0.1) is 0 Å². The van der Waals surface area contributed by atoms with Gasteiger partial charge in [0.1, 0.15) is 24.4 Å². The van der Waals surface area contributed by atoms with Gasteiger partial charge < -0.3 is 40.3 Å². The summed E-state index contributed by atoms with van der Waals surface area (Å²) in [6.07, 6.45) is 61.8. The summed E-state index contributed by atoms with van der Waals surface area (Å²) in [5, 5.41) is 54.3. The van der Waals surface area contributed by atoms with Gasteiger partial charge in [-0.05, 0) is 70.6 Å². The molecule has 1 amide bonds. The van der Waals surface area contributed by atoms with Crippen molar-refractivity contribution in [3.63, 3.8) is 0 Å². The Bertz CT molecular complexity index is 1280. The second-order valence-electron chi connectivity index (χ2n) is 20.4. The van der Waals surface area contributed by atoms with Crippen LogP contribution >= 0.6 is 0 Å². The van der Waals surface area contributed by atoms with Crippen LogP contribution in [0.4, 0.5) is 0 Å². The molecule has 9 nitrogen and oxygen atoms in total. The van der Waals surface area contributed by atoms with Crippen LogP contribution in [0.15, 0.2) is 60.8 Å². The average Bonchev–Trinajstić information content (AvgIpc) is 3.36. The first-order valence-electron chi connectivity index (χ1n) is 29.5. The van der Waals surface area contributed by atoms with E-state index in [0.29, 0.717) is 6.42 Å². The number of aliphatic hydroxyl groups is 5. The van der Waals surface area contributed by atoms with Crippen molar-refractivity contribution in [2.75, 3.05) is 13.2 Å². The predicted octanol–water partition coefficient (Wildman–Crippen LogP) is 14.7. The van der Waals surface area contributed by atoms with Gasteiger partial charge in [0.15, 0.2) is 6.29 Å². The minimum absolute atomic E-state index is 0.190. The summed E-state index contributed by atoms with van der Waals surface area (Å²) >= 11 is 0. The molecule has 70 heavy (non-hydrogen) atoms. The number of hydrogen-bond donors (Lipinski definition) is 6. The molecule has 9 heteroatoms. The highest BCUT2D eigenvalue weighted by Crippen LogP contribution is 2.23. The topological polar surface area (TPSA) is 149 Å². The third-order valence-electron chi connectivity index (χ3n) is 13.8. The van der Waals surface area contributed by atoms with E-state index >= 15 is 0 Å². The van der Waals surface area contributed by atoms with Gasteiger partial charge in [-0.25, -0.2) is 0 Å². The lowest BCUT2D eigenvalue weighted by Gasteiger charge is -2.40. The minimum Gasteiger partial charge on any atom is -0.394 e. The zero-order valence-corrected chi connectivity index (χ0v) is 45.3. The van der Waals surface area contributed by atoms with Gasteiger partial charge in [-0.15, -0.1) is 0 Å². The molecule has 0 radical (unpaired) electrons. The van der Waals surface area contributed by atoms with E-state index in [4.69, 9.17) is 9.47 Å². The summed E-state index contributed by atoms with van der Waals surface area (Å²) in [6, 6.07) is -0.827. The normalized spacial score (nSPS) is 19.8. The van der Waals surface area contributed by atoms with Gasteiger partial charge >= 0.3 is 0 Å². The van der Waals surface area contributed by atoms with Crippen LogP contribution in [-0.2, 0) is 14.3 Å². The Balaban J connectivity index is 2.08. The number of unbranched alkanes of at least 4 members (excludes halogenated alkanes) is 32. The predicted molar refractivity (Wildman–Crippen MR) is 295 cm³/mol. The highest BCUT2D eigenvalue weighted by molar-refractivity contribution is 5.76. The number of aliphatic hydroxyl groups excluding tert-OH is 5. The van der Waals surface area contributed by atoms with Gasteiger partial charge in [-0.3, -0.25) is 4.79 Å². The standard InChI is InChI=1S/C61H111NO8/c1-3-5-7-9-11-13-15-17-18-19-20-21-22-23-24-25-26-27-28-29-30-31-32-33-34-35-36-37-38-39-41-43-45-47-49-51-57(65)62-54(53-69-61-60(68)59(67)58(66)56(52-63)70-61)55(64)50-48-46-44-42-40-16-14-12-10-8-6-4-2/h10,12,15,17,19-20,40,42,48,50,54-56,58-61,63-64,66-68H,3-9,11,13-14,16,18,21-39,41,43-47,49,51-53H2,1-2H3,(H,62,65)/b12-10+,17-15-,20-19-,42-40+,50-48+. The lowest BCUT2D eigenvalue weighted by atomic mass is 9.99. The number of nitrogens with one attached hydrogen (secondary N) is 1. The second-order valence-corrected chi connectivity index (χ2v) is 20.4. The van der Waals surface area contributed by atoms with Crippen LogP contribution in [0.3, 0.4) is 0 Å². The van der Waals surface area contributed by atoms with E-state index in [1.165, 1.54) is 186 Å². The van der Waals surface area contributed by atoms with E-state index in [9.17, 15) is 30.3 Å². The van der Waals surface area contributed by atoms with Crippen molar-refractivity contribution >= 4 is 5.91 Å². The fourth-order valence-electron chi connectivity index (χ4n) is 9.09. The molecular weight excluding hydrogens is 875 g/mol. The summed E-state index contributed by atoms with van der Waals surface area (Å²) in [6.45, 7) is 3.70. The van der Waals surface area contributed by atoms with E-state index in [0.717, 1.165) is 57.8 Å². The third-order valence-corrected chi connectivity index (χ3v) is 13.8. The van der Waals surface area contributed by atoms with Crippen LogP contribution in [0.25, 0.3) is 0 Å². The molecule has 1 rings (SSSR count). The van der Waals surface area contributed by atoms with Crippen molar-refractivity contribution in [1.29, 1.82) is 0 Å². The monoisotopic (exact) mass is 986 g/mol. The van der Waals surface area contributed by atoms with Gasteiger partial charge in [0.25, 0.3) is 0 Å². The number of carbonyl (C=O) groups is 1. The first kappa shape index (κ1) is 65.9. The highest BCUT2D eigenvalue weighted by atomic mass is 16.7. The molecule has 1 saturated heterocycles. The van der Waals surface area contributed by atoms with Crippen molar-refractivity contribution in [3.05, 3.63) is 60.8 Å². The molecule has 0 aromatic rings. The Morgan fingerprint density at radius 1 is 0.486 bits per heavy atom. The maximum atomic E-state index is 13.0. The maximum absolute atomic E-state index is 13.0. The zero-order chi connectivity index (χ0) is 50.8. The molecule has 7 unspecified atom stereocenters. The smallest absolute Gasteiger partial charge is 0.220 e. The molecule has 1 fully saturated rings. The molecular formula is C61H111NO8. The van der Waals surface area contributed by atoms with Gasteiger partial charge in [0.05, 0.1) is 25.4 Å². The minimum atomic E-state index is -1.57. The molecule has 0 aromatic heterocycles. The summed E-state index contributed by atoms with van der Waals surface area (Å²) in [5.74, 6) is -0.190. The van der Waals surface area contributed by atoms with Crippen molar-refractivity contribution in [2.24, 2.45) is 0 Å². The molecule has 7 atom stereocenters. The van der Waals surface area contributed by atoms with E-state index in [1.807, 2.05) is 6.08 Å². The van der Waals surface area contributed by atoms with Crippen LogP contribution in [0.2, 0.25) is 0 Å². The van der Waals surface area contributed by atoms with E-state index < -0.39 is 49.5 Å². The van der Waals surface area contributed by atoms with E-state index in [-0.39, 0.29) is 12.5 Å². The Kier molecular flexibility index (Phi) is 47.5. The molecule has 1 aliphatic heterocycles. The summed E-state index contributed by atoms with van der Waals surface area (Å²) in [7, 11) is 0. The van der Waals surface area contributed by atoms with Crippen LogP contribution < -0.4 is 5.32 Å². The Morgan fingerprint density at radius 2 is 0.871 bits per heavy atom. The SMILES string of the molecule is CCCC/C=C/CC/C=C/CC/C=C/C(O)C(COC1OC(CO)C(O)C(O)C1O)NC(=O)CCCCCCCCCCCCCCCCCCCCCCCCC/C=C\C/C=C\CCCCCCC. The number of carbonyl (C=O) groups excluding carboxylic acids is 1. The second kappa shape index (κ2) is 50.4. The molecule has 1 heterocycles. The average molecular weight is 987 g/mol. The first-order chi connectivity index (χ1) is 34.3. The molecule has 408 valence electrons. The van der Waals surface area contributed by atoms with Gasteiger partial charge in [-0.2, -0.15) is 0 Å². The quantitative estimate of drug-likeness (QED) is 0.0261. The number of allylic oxidation sites excluding steroid dienone is 9. The molecule has 0 bridgehead atoms. The van der Waals surface area contributed by atoms with Crippen molar-refractivity contribution in [1.82, 2.24) is 5.32 Å². The number of amides is 1. The highest BCUT2D eigenvalue weighted by Gasteiger charge is 2.44. The zero-order valence-electron chi connectivity index (χ0n) is 45.3. The van der Waals surface area contributed by atoms with Gasteiger partial charge in [0.2, 0.25) is 5.91 Å². The number of ether oxygens (including phenoxy) is 2. The van der Waals surface area contributed by atoms with Crippen molar-refractivity contribution < 1.29 is 39.8 Å². The molecule has 0 aromatic carbocycles. The Morgan fingerprint density at radius 3 is 1.33 bits per heavy atom. The van der Waals surface area contributed by atoms with Crippen LogP contribution in [-0.4, -0.2) is 87.5 Å². The number of hydrogen-bond acceptors (Lipinski definition) is 8. The number of rotatable bonds is 50. The Labute approximate surface area is 430 Å². The van der Waals surface area contributed by atoms with Crippen molar-refractivity contribution in [2.45, 2.75) is 307 Å². The summed E-state index contributed by atoms with van der Waals surface area (Å²) in [4.78, 5) is 13.0. The fourth-order valence-corrected chi connectivity index (χ4v) is 9.09. The van der Waals surface area contributed by atoms with E-state index in [1.54, 1.807) is 6.08 Å². The lowest BCUT2D eigenvalue weighted by Crippen LogP contribution is -2.60. The molecule has 0 spiro atoms. The third kappa shape index (κ3) is 39.4. The first-order valence-corrected chi connectivity index (χ1v) is 29.5. The lowest BCUT2D eigenvalue weighted by molar-refractivity contribution is -0.302. The summed E-state index contributed by atoms with van der Waals surface area (Å²) in [5.41, 5.74) is 0. The van der Waals surface area contributed by atoms with Crippen molar-refractivity contribution in [3.8, 4) is 0 Å². The maximum Gasteiger partial charge on any atom is 0.220 e. The molecule has 0 aliphatic carbocycles. The van der Waals surface area contributed by atoms with Gasteiger partial charge in [-0.1, -0.05) is 248 Å². The van der Waals surface area contributed by atoms with Gasteiger partial charge in [0, 0.05) is 6.42 Å². The van der Waals surface area contributed by atoms with E-state index in [2.05, 4.69) is 67.8 Å². The summed E-state index contributed by atoms with van der Waals surface area (Å²) < 4.78 is 11.2. The molecule has 0 saturated carbocycles. The molecule has 1 aliphatic rings. The van der Waals surface area contributed by atoms with Crippen LogP contribution in [0.5, 0.6) is 0 Å². The fraction of sp³-hybridized carbons (Fsp3) is 0.820. The Hall–Kier alpha value is -2.11. The molecule has 6 N–H and O–H groups in total. The largest absolute Gasteiger partial charge is 0.394 e. The van der Waals surface area contributed by atoms with Crippen LogP contribution in [0.1, 0.15) is 264 Å².